The van der Waals surface area contributed by atoms with Crippen molar-refractivity contribution in [1.29, 1.82) is 0 Å². The molecule has 4 heteroatoms. The van der Waals surface area contributed by atoms with Crippen LogP contribution in [0.5, 0.6) is 5.88 Å². The number of nitrogens with one attached hydrogen (secondary N) is 1. The average Bonchev–Trinajstić information content (AvgIpc) is 2.82. The van der Waals surface area contributed by atoms with Crippen LogP contribution in [0.25, 0.3) is 0 Å². The molecule has 0 aromatic carbocycles. The second-order valence-corrected chi connectivity index (χ2v) is 5.03. The zero-order chi connectivity index (χ0) is 13.0. The Bertz CT molecular complexity index is 387. The van der Waals surface area contributed by atoms with Crippen LogP contribution >= 0.6 is 0 Å². The van der Waals surface area contributed by atoms with Gasteiger partial charge in [0.2, 0.25) is 5.88 Å². The zero-order valence-electron chi connectivity index (χ0n) is 11.4. The monoisotopic (exact) mass is 250 g/mol. The molecule has 1 aliphatic heterocycles. The average molecular weight is 250 g/mol. The molecule has 2 rings (SSSR count). The number of hydrogen-bond acceptors (Lipinski definition) is 4. The fourth-order valence-corrected chi connectivity index (χ4v) is 2.02. The maximum absolute atomic E-state index is 5.89. The first kappa shape index (κ1) is 13.3. The van der Waals surface area contributed by atoms with Crippen LogP contribution in [0.2, 0.25) is 0 Å². The molecule has 1 aromatic heterocycles. The molecule has 0 amide bonds. The molecule has 1 N–H and O–H groups in total. The minimum atomic E-state index is 0.155. The third-order valence-electron chi connectivity index (χ3n) is 3.03. The summed E-state index contributed by atoms with van der Waals surface area (Å²) in [6.45, 7) is 6.59. The molecule has 1 aliphatic rings. The molecule has 1 unspecified atom stereocenters. The van der Waals surface area contributed by atoms with Gasteiger partial charge in [-0.3, -0.25) is 0 Å². The Morgan fingerprint density at radius 1 is 1.50 bits per heavy atom. The van der Waals surface area contributed by atoms with Gasteiger partial charge in [0, 0.05) is 24.7 Å². The van der Waals surface area contributed by atoms with Crippen LogP contribution in [-0.4, -0.2) is 31.3 Å². The van der Waals surface area contributed by atoms with Crippen LogP contribution in [0.15, 0.2) is 12.1 Å². The lowest BCUT2D eigenvalue weighted by molar-refractivity contribution is 0.137. The van der Waals surface area contributed by atoms with E-state index in [1.807, 2.05) is 13.1 Å². The van der Waals surface area contributed by atoms with E-state index in [0.29, 0.717) is 12.5 Å². The van der Waals surface area contributed by atoms with Crippen molar-refractivity contribution in [2.24, 2.45) is 0 Å². The van der Waals surface area contributed by atoms with E-state index in [2.05, 4.69) is 30.2 Å². The molecule has 1 fully saturated rings. The maximum atomic E-state index is 5.89. The van der Waals surface area contributed by atoms with E-state index in [4.69, 9.17) is 9.47 Å². The van der Waals surface area contributed by atoms with Gasteiger partial charge >= 0.3 is 0 Å². The molecule has 0 radical (unpaired) electrons. The molecule has 1 saturated heterocycles. The number of ether oxygens (including phenoxy) is 2. The number of hydrogen-bond donors (Lipinski definition) is 1. The molecule has 0 bridgehead atoms. The highest BCUT2D eigenvalue weighted by atomic mass is 16.5. The lowest BCUT2D eigenvalue weighted by Crippen LogP contribution is -2.17. The maximum Gasteiger partial charge on any atom is 0.214 e. The number of aromatic nitrogens is 1. The standard InChI is InChI=1S/C14H22N2O2/c1-10(2)13-6-11(8-15-3)7-14(16-13)18-12-4-5-17-9-12/h6-7,10,12,15H,4-5,8-9H2,1-3H3. The van der Waals surface area contributed by atoms with Gasteiger partial charge in [-0.05, 0) is 24.6 Å². The normalized spacial score (nSPS) is 19.4. The lowest BCUT2D eigenvalue weighted by atomic mass is 10.1. The van der Waals surface area contributed by atoms with Crippen LogP contribution in [-0.2, 0) is 11.3 Å². The summed E-state index contributed by atoms with van der Waals surface area (Å²) in [5.41, 5.74) is 2.29. The summed E-state index contributed by atoms with van der Waals surface area (Å²) in [7, 11) is 1.95. The second-order valence-electron chi connectivity index (χ2n) is 5.03. The SMILES string of the molecule is CNCc1cc(OC2CCOC2)nc(C(C)C)c1. The molecule has 1 aromatic rings. The summed E-state index contributed by atoms with van der Waals surface area (Å²) in [4.78, 5) is 4.57. The Morgan fingerprint density at radius 3 is 2.94 bits per heavy atom. The topological polar surface area (TPSA) is 43.4 Å². The van der Waals surface area contributed by atoms with E-state index in [9.17, 15) is 0 Å². The van der Waals surface area contributed by atoms with Crippen LogP contribution < -0.4 is 10.1 Å². The highest BCUT2D eigenvalue weighted by Gasteiger charge is 2.18. The zero-order valence-corrected chi connectivity index (χ0v) is 11.4. The van der Waals surface area contributed by atoms with Crippen LogP contribution in [0, 0.1) is 0 Å². The quantitative estimate of drug-likeness (QED) is 0.869. The van der Waals surface area contributed by atoms with E-state index < -0.39 is 0 Å². The molecule has 0 saturated carbocycles. The van der Waals surface area contributed by atoms with Gasteiger partial charge < -0.3 is 14.8 Å². The highest BCUT2D eigenvalue weighted by molar-refractivity contribution is 5.27. The van der Waals surface area contributed by atoms with E-state index >= 15 is 0 Å². The molecule has 18 heavy (non-hydrogen) atoms. The van der Waals surface area contributed by atoms with Crippen molar-refractivity contribution in [1.82, 2.24) is 10.3 Å². The Morgan fingerprint density at radius 2 is 2.33 bits per heavy atom. The molecule has 0 spiro atoms. The van der Waals surface area contributed by atoms with Crippen LogP contribution in [0.4, 0.5) is 0 Å². The van der Waals surface area contributed by atoms with Crippen molar-refractivity contribution in [3.63, 3.8) is 0 Å². The van der Waals surface area contributed by atoms with Gasteiger partial charge in [0.15, 0.2) is 0 Å². The van der Waals surface area contributed by atoms with Gasteiger partial charge in [0.1, 0.15) is 6.10 Å². The summed E-state index contributed by atoms with van der Waals surface area (Å²) < 4.78 is 11.2. The van der Waals surface area contributed by atoms with E-state index in [1.165, 1.54) is 5.56 Å². The van der Waals surface area contributed by atoms with E-state index in [1.54, 1.807) is 0 Å². The second kappa shape index (κ2) is 6.16. The Kier molecular flexibility index (Phi) is 4.55. The molecule has 1 atom stereocenters. The summed E-state index contributed by atoms with van der Waals surface area (Å²) in [5.74, 6) is 1.13. The van der Waals surface area contributed by atoms with Crippen molar-refractivity contribution in [2.75, 3.05) is 20.3 Å². The van der Waals surface area contributed by atoms with Crippen LogP contribution in [0.3, 0.4) is 0 Å². The number of nitrogens with zero attached hydrogens (tertiary/aromatic N) is 1. The molecular formula is C14H22N2O2. The van der Waals surface area contributed by atoms with E-state index in [-0.39, 0.29) is 6.10 Å². The molecular weight excluding hydrogens is 228 g/mol. The lowest BCUT2D eigenvalue weighted by Gasteiger charge is -2.15. The third-order valence-corrected chi connectivity index (χ3v) is 3.03. The summed E-state index contributed by atoms with van der Waals surface area (Å²) in [6, 6.07) is 4.15. The smallest absolute Gasteiger partial charge is 0.214 e. The minimum Gasteiger partial charge on any atom is -0.472 e. The van der Waals surface area contributed by atoms with Crippen molar-refractivity contribution >= 4 is 0 Å². The summed E-state index contributed by atoms with van der Waals surface area (Å²) >= 11 is 0. The van der Waals surface area contributed by atoms with Crippen molar-refractivity contribution in [2.45, 2.75) is 38.8 Å². The molecule has 0 aliphatic carbocycles. The number of rotatable bonds is 5. The summed E-state index contributed by atoms with van der Waals surface area (Å²) in [5, 5.41) is 3.16. The van der Waals surface area contributed by atoms with Crippen molar-refractivity contribution < 1.29 is 9.47 Å². The van der Waals surface area contributed by atoms with Gasteiger partial charge in [-0.15, -0.1) is 0 Å². The van der Waals surface area contributed by atoms with Gasteiger partial charge in [0.25, 0.3) is 0 Å². The van der Waals surface area contributed by atoms with Crippen LogP contribution in [0.1, 0.15) is 37.4 Å². The van der Waals surface area contributed by atoms with Gasteiger partial charge in [0.05, 0.1) is 13.2 Å². The predicted octanol–water partition coefficient (Wildman–Crippen LogP) is 2.09. The highest BCUT2D eigenvalue weighted by Crippen LogP contribution is 2.21. The third kappa shape index (κ3) is 3.43. The molecule has 2 heterocycles. The van der Waals surface area contributed by atoms with Crippen molar-refractivity contribution in [3.8, 4) is 5.88 Å². The first-order chi connectivity index (χ1) is 8.69. The number of pyridine rings is 1. The first-order valence-corrected chi connectivity index (χ1v) is 6.59. The summed E-state index contributed by atoms with van der Waals surface area (Å²) in [6.07, 6.45) is 1.11. The Labute approximate surface area is 109 Å². The predicted molar refractivity (Wildman–Crippen MR) is 70.9 cm³/mol. The van der Waals surface area contributed by atoms with Gasteiger partial charge in [-0.25, -0.2) is 4.98 Å². The first-order valence-electron chi connectivity index (χ1n) is 6.59. The molecule has 4 nitrogen and oxygen atoms in total. The van der Waals surface area contributed by atoms with E-state index in [0.717, 1.165) is 31.1 Å². The molecule has 100 valence electrons. The van der Waals surface area contributed by atoms with Gasteiger partial charge in [-0.2, -0.15) is 0 Å². The Hall–Kier alpha value is -1.13. The minimum absolute atomic E-state index is 0.155. The fourth-order valence-electron chi connectivity index (χ4n) is 2.02. The fraction of sp³-hybridized carbons (Fsp3) is 0.643. The van der Waals surface area contributed by atoms with Gasteiger partial charge in [-0.1, -0.05) is 13.8 Å². The largest absolute Gasteiger partial charge is 0.472 e. The van der Waals surface area contributed by atoms with Crippen molar-refractivity contribution in [3.05, 3.63) is 23.4 Å². The Balaban J connectivity index is 2.16.